The fraction of sp³-hybridized carbons (Fsp3) is 0.258. The number of hydrogen-bond acceptors (Lipinski definition) is 1. The van der Waals surface area contributed by atoms with E-state index in [1.165, 1.54) is 50.2 Å². The summed E-state index contributed by atoms with van der Waals surface area (Å²) in [5.41, 5.74) is 4.51. The number of nitriles is 1. The molecule has 0 N–H and O–H groups in total. The molecule has 0 aliphatic heterocycles. The van der Waals surface area contributed by atoms with Gasteiger partial charge in [0, 0.05) is 16.7 Å². The monoisotopic (exact) mass is 433 g/mol. The molecule has 0 aromatic heterocycles. The number of rotatable bonds is 7. The van der Waals surface area contributed by atoms with Crippen LogP contribution >= 0.6 is 0 Å². The zero-order valence-electron chi connectivity index (χ0n) is 19.1. The van der Waals surface area contributed by atoms with Gasteiger partial charge in [-0.2, -0.15) is 5.26 Å². The van der Waals surface area contributed by atoms with Crippen LogP contribution in [0.2, 0.25) is 0 Å². The Hall–Kier alpha value is -3.80. The summed E-state index contributed by atoms with van der Waals surface area (Å²) in [4.78, 5) is 0. The van der Waals surface area contributed by atoms with Gasteiger partial charge in [-0.15, -0.1) is 0 Å². The van der Waals surface area contributed by atoms with E-state index in [0.717, 1.165) is 17.5 Å². The van der Waals surface area contributed by atoms with Crippen molar-refractivity contribution in [2.45, 2.75) is 51.9 Å². The molecule has 0 amide bonds. The largest absolute Gasteiger partial charge is 0.206 e. The third-order valence-corrected chi connectivity index (χ3v) is 5.45. The average Bonchev–Trinajstić information content (AvgIpc) is 2.85. The van der Waals surface area contributed by atoms with E-state index in [4.69, 9.17) is 5.26 Å². The maximum Gasteiger partial charge on any atom is 0.140 e. The molecule has 3 aromatic rings. The van der Waals surface area contributed by atoms with Crippen LogP contribution in [0.3, 0.4) is 0 Å². The molecule has 0 radical (unpaired) electrons. The molecule has 3 rings (SSSR count). The summed E-state index contributed by atoms with van der Waals surface area (Å²) in [6.07, 6.45) is 8.93. The van der Waals surface area contributed by atoms with Gasteiger partial charge in [-0.05, 0) is 73.0 Å². The second kappa shape index (κ2) is 12.9. The molecule has 0 aliphatic rings. The predicted molar refractivity (Wildman–Crippen MR) is 133 cm³/mol. The van der Waals surface area contributed by atoms with Crippen LogP contribution in [-0.2, 0) is 6.42 Å². The Kier molecular flexibility index (Phi) is 9.33. The normalized spacial score (nSPS) is 9.85. The molecule has 0 bridgehead atoms. The highest BCUT2D eigenvalue weighted by Gasteiger charge is 2.00. The topological polar surface area (TPSA) is 23.8 Å². The first-order valence-electron chi connectivity index (χ1n) is 11.6. The lowest BCUT2D eigenvalue weighted by molar-refractivity contribution is 0.607. The fourth-order valence-electron chi connectivity index (χ4n) is 3.47. The summed E-state index contributed by atoms with van der Waals surface area (Å²) in [6.45, 7) is 2.24. The number of hydrogen-bond donors (Lipinski definition) is 0. The molecule has 2 heteroatoms. The average molecular weight is 434 g/mol. The van der Waals surface area contributed by atoms with Crippen molar-refractivity contribution < 1.29 is 4.39 Å². The van der Waals surface area contributed by atoms with Crippen LogP contribution in [0.5, 0.6) is 0 Å². The van der Waals surface area contributed by atoms with E-state index in [-0.39, 0.29) is 0 Å². The van der Waals surface area contributed by atoms with Crippen molar-refractivity contribution in [1.29, 1.82) is 5.26 Å². The highest BCUT2D eigenvalue weighted by atomic mass is 19.1. The smallest absolute Gasteiger partial charge is 0.140 e. The molecule has 0 heterocycles. The minimum atomic E-state index is -0.391. The lowest BCUT2D eigenvalue weighted by atomic mass is 10.0. The van der Waals surface area contributed by atoms with E-state index in [9.17, 15) is 4.39 Å². The van der Waals surface area contributed by atoms with Crippen molar-refractivity contribution in [1.82, 2.24) is 0 Å². The number of halogens is 1. The van der Waals surface area contributed by atoms with Gasteiger partial charge in [0.1, 0.15) is 5.82 Å². The van der Waals surface area contributed by atoms with E-state index in [1.807, 2.05) is 12.1 Å². The number of benzene rings is 3. The SMILES string of the molecule is CCCCCCCCc1ccc(C#Cc2ccc(C#Cc3ccc(C#N)cc3)c(F)c2)cc1. The van der Waals surface area contributed by atoms with Gasteiger partial charge in [0.25, 0.3) is 0 Å². The maximum atomic E-state index is 14.5. The summed E-state index contributed by atoms with van der Waals surface area (Å²) in [5, 5.41) is 8.84. The summed E-state index contributed by atoms with van der Waals surface area (Å²) < 4.78 is 14.5. The van der Waals surface area contributed by atoms with Gasteiger partial charge in [-0.1, -0.05) is 74.8 Å². The van der Waals surface area contributed by atoms with Gasteiger partial charge < -0.3 is 0 Å². The Bertz CT molecular complexity index is 1210. The highest BCUT2D eigenvalue weighted by Crippen LogP contribution is 2.12. The van der Waals surface area contributed by atoms with E-state index >= 15 is 0 Å². The lowest BCUT2D eigenvalue weighted by Gasteiger charge is -2.02. The van der Waals surface area contributed by atoms with Crippen LogP contribution in [-0.4, -0.2) is 0 Å². The van der Waals surface area contributed by atoms with E-state index in [0.29, 0.717) is 16.7 Å². The van der Waals surface area contributed by atoms with E-state index in [1.54, 1.807) is 36.4 Å². The molecule has 0 spiro atoms. The van der Waals surface area contributed by atoms with Gasteiger partial charge >= 0.3 is 0 Å². The third kappa shape index (κ3) is 8.00. The second-order valence-electron chi connectivity index (χ2n) is 8.10. The van der Waals surface area contributed by atoms with Crippen LogP contribution in [0.4, 0.5) is 4.39 Å². The molecule has 0 atom stereocenters. The Morgan fingerprint density at radius 3 is 1.85 bits per heavy atom. The fourth-order valence-corrected chi connectivity index (χ4v) is 3.47. The quantitative estimate of drug-likeness (QED) is 0.281. The van der Waals surface area contributed by atoms with Crippen LogP contribution in [0, 0.1) is 40.8 Å². The van der Waals surface area contributed by atoms with Gasteiger partial charge in [0.2, 0.25) is 0 Å². The molecule has 33 heavy (non-hydrogen) atoms. The molecule has 0 saturated heterocycles. The van der Waals surface area contributed by atoms with Crippen LogP contribution in [0.25, 0.3) is 0 Å². The van der Waals surface area contributed by atoms with Crippen LogP contribution < -0.4 is 0 Å². The van der Waals surface area contributed by atoms with Gasteiger partial charge in [0.15, 0.2) is 0 Å². The lowest BCUT2D eigenvalue weighted by Crippen LogP contribution is -1.87. The molecular weight excluding hydrogens is 405 g/mol. The minimum Gasteiger partial charge on any atom is -0.206 e. The van der Waals surface area contributed by atoms with Crippen molar-refractivity contribution in [3.63, 3.8) is 0 Å². The first-order valence-corrected chi connectivity index (χ1v) is 11.6. The van der Waals surface area contributed by atoms with E-state index < -0.39 is 5.82 Å². The molecular formula is C31H28FN. The third-order valence-electron chi connectivity index (χ3n) is 5.45. The van der Waals surface area contributed by atoms with Gasteiger partial charge in [-0.25, -0.2) is 4.39 Å². The molecule has 1 nitrogen and oxygen atoms in total. The molecule has 3 aromatic carbocycles. The van der Waals surface area contributed by atoms with Crippen LogP contribution in [0.1, 0.15) is 78.8 Å². The van der Waals surface area contributed by atoms with Gasteiger partial charge in [-0.3, -0.25) is 0 Å². The summed E-state index contributed by atoms with van der Waals surface area (Å²) in [7, 11) is 0. The molecule has 164 valence electrons. The number of nitrogens with zero attached hydrogens (tertiary/aromatic N) is 1. The summed E-state index contributed by atoms with van der Waals surface area (Å²) in [6, 6.07) is 22.2. The summed E-state index contributed by atoms with van der Waals surface area (Å²) >= 11 is 0. The zero-order valence-corrected chi connectivity index (χ0v) is 19.1. The number of unbranched alkanes of at least 4 members (excludes halogenated alkanes) is 5. The predicted octanol–water partition coefficient (Wildman–Crippen LogP) is 7.40. The van der Waals surface area contributed by atoms with Crippen molar-refractivity contribution in [2.24, 2.45) is 0 Å². The van der Waals surface area contributed by atoms with Crippen molar-refractivity contribution in [2.75, 3.05) is 0 Å². The van der Waals surface area contributed by atoms with Crippen molar-refractivity contribution in [3.8, 4) is 29.8 Å². The molecule has 0 saturated carbocycles. The second-order valence-corrected chi connectivity index (χ2v) is 8.10. The standard InChI is InChI=1S/C31H28FN/c1-2-3-4-5-6-7-8-25-9-11-26(12-10-25)13-16-28-20-22-30(31(32)23-28)21-19-27-14-17-29(24-33)18-15-27/h9-12,14-15,17-18,20,22-23H,2-8H2,1H3. The Labute approximate surface area is 197 Å². The van der Waals surface area contributed by atoms with Gasteiger partial charge in [0.05, 0.1) is 17.2 Å². The highest BCUT2D eigenvalue weighted by molar-refractivity contribution is 5.49. The molecule has 0 fully saturated rings. The summed E-state index contributed by atoms with van der Waals surface area (Å²) in [5.74, 6) is 11.5. The zero-order chi connectivity index (χ0) is 23.3. The van der Waals surface area contributed by atoms with Crippen LogP contribution in [0.15, 0.2) is 66.7 Å². The van der Waals surface area contributed by atoms with E-state index in [2.05, 4.69) is 48.8 Å². The molecule has 0 unspecified atom stereocenters. The Morgan fingerprint density at radius 1 is 0.636 bits per heavy atom. The number of aryl methyl sites for hydroxylation is 1. The van der Waals surface area contributed by atoms with Crippen molar-refractivity contribution >= 4 is 0 Å². The first kappa shape index (κ1) is 23.9. The Morgan fingerprint density at radius 2 is 1.18 bits per heavy atom. The minimum absolute atomic E-state index is 0.323. The Balaban J connectivity index is 1.57. The maximum absolute atomic E-state index is 14.5. The van der Waals surface area contributed by atoms with Crippen molar-refractivity contribution in [3.05, 3.63) is 106 Å². The first-order chi connectivity index (χ1) is 16.2. The molecule has 0 aliphatic carbocycles.